The number of para-hydroxylation sites is 1. The Morgan fingerprint density at radius 3 is 2.86 bits per heavy atom. The van der Waals surface area contributed by atoms with Crippen molar-refractivity contribution in [2.24, 2.45) is 0 Å². The quantitative estimate of drug-likeness (QED) is 0.607. The van der Waals surface area contributed by atoms with Gasteiger partial charge in [-0.05, 0) is 30.2 Å². The predicted octanol–water partition coefficient (Wildman–Crippen LogP) is 2.45. The normalized spacial score (nSPS) is 10.2. The standard InChI is InChI=1S/C16H18ClN3O2/c17-13-5-3-9-20-16(13)22-11-10-19-15(21)8-7-12-4-1-2-6-14(12)18/h1-6,9H,7-8,10-11,18H2,(H,19,21). The van der Waals surface area contributed by atoms with E-state index >= 15 is 0 Å². The van der Waals surface area contributed by atoms with Crippen molar-refractivity contribution in [1.82, 2.24) is 10.3 Å². The first-order valence-corrected chi connectivity index (χ1v) is 7.38. The third-order valence-corrected chi connectivity index (χ3v) is 3.35. The second-order valence-electron chi connectivity index (χ2n) is 4.69. The zero-order chi connectivity index (χ0) is 15.8. The SMILES string of the molecule is Nc1ccccc1CCC(=O)NCCOc1ncccc1Cl. The highest BCUT2D eigenvalue weighted by atomic mass is 35.5. The van der Waals surface area contributed by atoms with Crippen molar-refractivity contribution >= 4 is 23.2 Å². The lowest BCUT2D eigenvalue weighted by molar-refractivity contribution is -0.121. The molecule has 0 fully saturated rings. The fourth-order valence-electron chi connectivity index (χ4n) is 1.91. The van der Waals surface area contributed by atoms with Gasteiger partial charge in [0.25, 0.3) is 0 Å². The molecule has 0 aliphatic carbocycles. The Bertz CT molecular complexity index is 634. The van der Waals surface area contributed by atoms with Gasteiger partial charge in [-0.1, -0.05) is 29.8 Å². The summed E-state index contributed by atoms with van der Waals surface area (Å²) in [6.07, 6.45) is 2.61. The van der Waals surface area contributed by atoms with Crippen LogP contribution in [0.3, 0.4) is 0 Å². The van der Waals surface area contributed by atoms with E-state index in [2.05, 4.69) is 10.3 Å². The number of ether oxygens (including phenoxy) is 1. The number of nitrogen functional groups attached to an aromatic ring is 1. The lowest BCUT2D eigenvalue weighted by atomic mass is 10.1. The molecule has 0 saturated carbocycles. The van der Waals surface area contributed by atoms with E-state index in [-0.39, 0.29) is 5.91 Å². The minimum Gasteiger partial charge on any atom is -0.475 e. The van der Waals surface area contributed by atoms with E-state index in [1.165, 1.54) is 0 Å². The van der Waals surface area contributed by atoms with Gasteiger partial charge in [-0.3, -0.25) is 4.79 Å². The van der Waals surface area contributed by atoms with Crippen molar-refractivity contribution in [1.29, 1.82) is 0 Å². The van der Waals surface area contributed by atoms with Crippen LogP contribution in [0.5, 0.6) is 5.88 Å². The molecule has 6 heteroatoms. The largest absolute Gasteiger partial charge is 0.475 e. The molecular formula is C16H18ClN3O2. The highest BCUT2D eigenvalue weighted by molar-refractivity contribution is 6.31. The number of aryl methyl sites for hydroxylation is 1. The molecule has 0 aliphatic rings. The van der Waals surface area contributed by atoms with Gasteiger partial charge in [0.15, 0.2) is 0 Å². The van der Waals surface area contributed by atoms with Gasteiger partial charge in [-0.2, -0.15) is 0 Å². The Balaban J connectivity index is 1.66. The van der Waals surface area contributed by atoms with Crippen LogP contribution in [0, 0.1) is 0 Å². The molecule has 0 atom stereocenters. The summed E-state index contributed by atoms with van der Waals surface area (Å²) < 4.78 is 5.39. The summed E-state index contributed by atoms with van der Waals surface area (Å²) in [4.78, 5) is 15.8. The molecular weight excluding hydrogens is 302 g/mol. The molecule has 0 bridgehead atoms. The van der Waals surface area contributed by atoms with Crippen molar-refractivity contribution in [3.8, 4) is 5.88 Å². The summed E-state index contributed by atoms with van der Waals surface area (Å²) in [7, 11) is 0. The van der Waals surface area contributed by atoms with Gasteiger partial charge in [0.1, 0.15) is 11.6 Å². The Kier molecular flexibility index (Phi) is 6.03. The highest BCUT2D eigenvalue weighted by Crippen LogP contribution is 2.19. The van der Waals surface area contributed by atoms with E-state index in [1.807, 2.05) is 24.3 Å². The Hall–Kier alpha value is -2.27. The monoisotopic (exact) mass is 319 g/mol. The van der Waals surface area contributed by atoms with Gasteiger partial charge in [0, 0.05) is 18.3 Å². The summed E-state index contributed by atoms with van der Waals surface area (Å²) in [6.45, 7) is 0.714. The molecule has 116 valence electrons. The summed E-state index contributed by atoms with van der Waals surface area (Å²) in [6, 6.07) is 11.0. The number of amides is 1. The van der Waals surface area contributed by atoms with Crippen LogP contribution in [-0.2, 0) is 11.2 Å². The molecule has 0 saturated heterocycles. The molecule has 1 heterocycles. The predicted molar refractivity (Wildman–Crippen MR) is 86.9 cm³/mol. The van der Waals surface area contributed by atoms with Crippen molar-refractivity contribution in [2.45, 2.75) is 12.8 Å². The smallest absolute Gasteiger partial charge is 0.232 e. The number of benzene rings is 1. The van der Waals surface area contributed by atoms with E-state index in [0.29, 0.717) is 42.6 Å². The minimum atomic E-state index is -0.0426. The van der Waals surface area contributed by atoms with Crippen LogP contribution in [-0.4, -0.2) is 24.0 Å². The average Bonchev–Trinajstić information content (AvgIpc) is 2.52. The molecule has 0 unspecified atom stereocenters. The average molecular weight is 320 g/mol. The number of nitrogens with zero attached hydrogens (tertiary/aromatic N) is 1. The number of carbonyl (C=O) groups excluding carboxylic acids is 1. The highest BCUT2D eigenvalue weighted by Gasteiger charge is 2.05. The van der Waals surface area contributed by atoms with Gasteiger partial charge in [-0.25, -0.2) is 4.98 Å². The fraction of sp³-hybridized carbons (Fsp3) is 0.250. The third kappa shape index (κ3) is 4.93. The lowest BCUT2D eigenvalue weighted by Crippen LogP contribution is -2.28. The molecule has 2 rings (SSSR count). The van der Waals surface area contributed by atoms with Crippen LogP contribution in [0.4, 0.5) is 5.69 Å². The molecule has 0 aliphatic heterocycles. The van der Waals surface area contributed by atoms with Crippen LogP contribution in [0.2, 0.25) is 5.02 Å². The van der Waals surface area contributed by atoms with E-state index in [0.717, 1.165) is 5.56 Å². The molecule has 22 heavy (non-hydrogen) atoms. The summed E-state index contributed by atoms with van der Waals surface area (Å²) in [5.41, 5.74) is 7.53. The van der Waals surface area contributed by atoms with Crippen LogP contribution in [0.25, 0.3) is 0 Å². The molecule has 5 nitrogen and oxygen atoms in total. The number of aromatic nitrogens is 1. The number of rotatable bonds is 7. The molecule has 1 amide bonds. The van der Waals surface area contributed by atoms with Crippen LogP contribution >= 0.6 is 11.6 Å². The first-order chi connectivity index (χ1) is 10.7. The first kappa shape index (κ1) is 16.1. The third-order valence-electron chi connectivity index (χ3n) is 3.06. The van der Waals surface area contributed by atoms with Crippen molar-refractivity contribution in [3.63, 3.8) is 0 Å². The number of anilines is 1. The Morgan fingerprint density at radius 1 is 1.27 bits per heavy atom. The summed E-state index contributed by atoms with van der Waals surface area (Å²) >= 11 is 5.91. The molecule has 0 radical (unpaired) electrons. The van der Waals surface area contributed by atoms with E-state index in [9.17, 15) is 4.79 Å². The molecule has 3 N–H and O–H groups in total. The number of hydrogen-bond acceptors (Lipinski definition) is 4. The maximum absolute atomic E-state index is 11.8. The van der Waals surface area contributed by atoms with Gasteiger partial charge in [0.2, 0.25) is 11.8 Å². The van der Waals surface area contributed by atoms with Crippen molar-refractivity contribution in [3.05, 3.63) is 53.2 Å². The van der Waals surface area contributed by atoms with Gasteiger partial charge in [0.05, 0.1) is 6.54 Å². The molecule has 1 aromatic carbocycles. The Labute approximate surface area is 134 Å². The summed E-state index contributed by atoms with van der Waals surface area (Å²) in [5.74, 6) is 0.328. The lowest BCUT2D eigenvalue weighted by Gasteiger charge is -2.08. The second kappa shape index (κ2) is 8.24. The number of hydrogen-bond donors (Lipinski definition) is 2. The molecule has 0 spiro atoms. The first-order valence-electron chi connectivity index (χ1n) is 7.00. The van der Waals surface area contributed by atoms with Gasteiger partial charge in [-0.15, -0.1) is 0 Å². The van der Waals surface area contributed by atoms with Crippen molar-refractivity contribution < 1.29 is 9.53 Å². The van der Waals surface area contributed by atoms with E-state index in [1.54, 1.807) is 18.3 Å². The molecule has 2 aromatic rings. The van der Waals surface area contributed by atoms with Gasteiger partial charge >= 0.3 is 0 Å². The fourth-order valence-corrected chi connectivity index (χ4v) is 2.09. The minimum absolute atomic E-state index is 0.0426. The topological polar surface area (TPSA) is 77.2 Å². The van der Waals surface area contributed by atoms with E-state index in [4.69, 9.17) is 22.1 Å². The van der Waals surface area contributed by atoms with Gasteiger partial charge < -0.3 is 15.8 Å². The zero-order valence-electron chi connectivity index (χ0n) is 12.1. The number of halogens is 1. The number of pyridine rings is 1. The van der Waals surface area contributed by atoms with E-state index < -0.39 is 0 Å². The zero-order valence-corrected chi connectivity index (χ0v) is 12.8. The van der Waals surface area contributed by atoms with Crippen LogP contribution in [0.15, 0.2) is 42.6 Å². The number of carbonyl (C=O) groups is 1. The summed E-state index contributed by atoms with van der Waals surface area (Å²) in [5, 5.41) is 3.24. The van der Waals surface area contributed by atoms with Crippen LogP contribution < -0.4 is 15.8 Å². The maximum Gasteiger partial charge on any atom is 0.232 e. The maximum atomic E-state index is 11.8. The van der Waals surface area contributed by atoms with Crippen molar-refractivity contribution in [2.75, 3.05) is 18.9 Å². The molecule has 1 aromatic heterocycles. The second-order valence-corrected chi connectivity index (χ2v) is 5.09. The Morgan fingerprint density at radius 2 is 2.09 bits per heavy atom. The van der Waals surface area contributed by atoms with Crippen LogP contribution in [0.1, 0.15) is 12.0 Å². The number of nitrogens with one attached hydrogen (secondary N) is 1. The number of nitrogens with two attached hydrogens (primary N) is 1.